The lowest BCUT2D eigenvalue weighted by molar-refractivity contribution is 0.297. The molecular formula is C18H21N. The molecule has 19 heavy (non-hydrogen) atoms. The highest BCUT2D eigenvalue weighted by Crippen LogP contribution is 2.41. The first kappa shape index (κ1) is 13.6. The first-order valence-electron chi connectivity index (χ1n) is 6.93. The van der Waals surface area contributed by atoms with Gasteiger partial charge in [0.05, 0.1) is 11.5 Å². The molecule has 1 nitrogen and oxygen atoms in total. The maximum absolute atomic E-state index is 9.88. The van der Waals surface area contributed by atoms with E-state index in [-0.39, 0.29) is 11.8 Å². The minimum absolute atomic E-state index is 0.281. The monoisotopic (exact) mass is 251 g/mol. The van der Waals surface area contributed by atoms with Crippen molar-refractivity contribution in [3.63, 3.8) is 0 Å². The first-order valence-corrected chi connectivity index (χ1v) is 6.93. The van der Waals surface area contributed by atoms with Gasteiger partial charge in [-0.3, -0.25) is 0 Å². The van der Waals surface area contributed by atoms with E-state index < -0.39 is 5.41 Å². The summed E-state index contributed by atoms with van der Waals surface area (Å²) in [6.45, 7) is 8.58. The molecule has 1 heteroatoms. The van der Waals surface area contributed by atoms with Gasteiger partial charge in [0.2, 0.25) is 0 Å². The van der Waals surface area contributed by atoms with Crippen molar-refractivity contribution < 1.29 is 0 Å². The van der Waals surface area contributed by atoms with Crippen LogP contribution in [-0.2, 0) is 5.41 Å². The summed E-state index contributed by atoms with van der Waals surface area (Å²) in [5, 5.41) is 12.3. The van der Waals surface area contributed by atoms with E-state index in [1.165, 1.54) is 10.8 Å². The van der Waals surface area contributed by atoms with Gasteiger partial charge in [0.25, 0.3) is 0 Å². The van der Waals surface area contributed by atoms with Gasteiger partial charge in [-0.05, 0) is 28.2 Å². The third-order valence-electron chi connectivity index (χ3n) is 4.24. The Kier molecular flexibility index (Phi) is 3.62. The molecule has 0 fully saturated rings. The number of fused-ring (bicyclic) bond motifs is 1. The second-order valence-electron chi connectivity index (χ2n) is 5.82. The molecule has 0 aliphatic heterocycles. The largest absolute Gasteiger partial charge is 0.197 e. The van der Waals surface area contributed by atoms with Gasteiger partial charge in [-0.25, -0.2) is 0 Å². The molecule has 0 spiro atoms. The van der Waals surface area contributed by atoms with E-state index >= 15 is 0 Å². The maximum atomic E-state index is 9.88. The molecule has 0 aliphatic rings. The Hall–Kier alpha value is -1.81. The van der Waals surface area contributed by atoms with Gasteiger partial charge in [-0.2, -0.15) is 5.26 Å². The molecule has 2 aromatic carbocycles. The van der Waals surface area contributed by atoms with E-state index in [4.69, 9.17) is 0 Å². The normalized spacial score (nSPS) is 12.1. The maximum Gasteiger partial charge on any atom is 0.0873 e. The minimum Gasteiger partial charge on any atom is -0.197 e. The quantitative estimate of drug-likeness (QED) is 0.760. The molecule has 0 saturated carbocycles. The Balaban J connectivity index is 2.81. The molecule has 2 aromatic rings. The lowest BCUT2D eigenvalue weighted by Gasteiger charge is -2.36. The second-order valence-corrected chi connectivity index (χ2v) is 5.82. The van der Waals surface area contributed by atoms with Crippen molar-refractivity contribution in [2.24, 2.45) is 11.8 Å². The topological polar surface area (TPSA) is 23.8 Å². The fourth-order valence-electron chi connectivity index (χ4n) is 3.19. The predicted octanol–water partition coefficient (Wildman–Crippen LogP) is 4.91. The zero-order valence-corrected chi connectivity index (χ0v) is 12.1. The van der Waals surface area contributed by atoms with E-state index in [0.717, 1.165) is 5.56 Å². The van der Waals surface area contributed by atoms with Crippen molar-refractivity contribution in [3.05, 3.63) is 48.0 Å². The number of nitrogens with zero attached hydrogens (tertiary/aromatic N) is 1. The van der Waals surface area contributed by atoms with Gasteiger partial charge in [0, 0.05) is 0 Å². The Bertz CT molecular complexity index is 604. The number of hydrogen-bond acceptors (Lipinski definition) is 1. The van der Waals surface area contributed by atoms with Gasteiger partial charge in [-0.15, -0.1) is 0 Å². The predicted molar refractivity (Wildman–Crippen MR) is 80.9 cm³/mol. The third kappa shape index (κ3) is 2.02. The van der Waals surface area contributed by atoms with E-state index in [2.05, 4.69) is 70.2 Å². The lowest BCUT2D eigenvalue weighted by Crippen LogP contribution is -2.36. The highest BCUT2D eigenvalue weighted by molar-refractivity contribution is 5.87. The van der Waals surface area contributed by atoms with E-state index in [9.17, 15) is 5.26 Å². The number of hydrogen-bond donors (Lipinski definition) is 0. The summed E-state index contributed by atoms with van der Waals surface area (Å²) < 4.78 is 0. The number of rotatable bonds is 3. The molecule has 0 aliphatic carbocycles. The van der Waals surface area contributed by atoms with E-state index in [1.807, 2.05) is 6.07 Å². The van der Waals surface area contributed by atoms with E-state index in [1.54, 1.807) is 0 Å². The molecule has 0 aromatic heterocycles. The summed E-state index contributed by atoms with van der Waals surface area (Å²) in [7, 11) is 0. The molecule has 0 bridgehead atoms. The van der Waals surface area contributed by atoms with Crippen molar-refractivity contribution in [3.8, 4) is 6.07 Å². The zero-order valence-electron chi connectivity index (χ0n) is 12.1. The van der Waals surface area contributed by atoms with Crippen molar-refractivity contribution >= 4 is 10.8 Å². The molecular weight excluding hydrogens is 230 g/mol. The third-order valence-corrected chi connectivity index (χ3v) is 4.24. The summed E-state index contributed by atoms with van der Waals surface area (Å²) in [6.07, 6.45) is 0. The lowest BCUT2D eigenvalue weighted by atomic mass is 9.64. The van der Waals surface area contributed by atoms with Crippen LogP contribution in [-0.4, -0.2) is 0 Å². The van der Waals surface area contributed by atoms with Crippen LogP contribution < -0.4 is 0 Å². The Labute approximate surface area is 115 Å². The highest BCUT2D eigenvalue weighted by Gasteiger charge is 2.40. The molecule has 0 N–H and O–H groups in total. The van der Waals surface area contributed by atoms with Crippen molar-refractivity contribution in [1.29, 1.82) is 5.26 Å². The molecule has 0 atom stereocenters. The van der Waals surface area contributed by atoms with Crippen molar-refractivity contribution in [2.45, 2.75) is 33.1 Å². The van der Waals surface area contributed by atoms with Crippen LogP contribution in [0.2, 0.25) is 0 Å². The van der Waals surface area contributed by atoms with Crippen LogP contribution in [0.5, 0.6) is 0 Å². The molecule has 0 radical (unpaired) electrons. The van der Waals surface area contributed by atoms with Crippen molar-refractivity contribution in [1.82, 2.24) is 0 Å². The summed E-state index contributed by atoms with van der Waals surface area (Å²) >= 11 is 0. The standard InChI is InChI=1S/C18H21N/c1-13(2)18(12-19,14(3)4)17-11-7-9-15-8-5-6-10-16(15)17/h5-11,13-14H,1-4H3. The average Bonchev–Trinajstić information content (AvgIpc) is 2.39. The minimum atomic E-state index is -0.430. The number of nitriles is 1. The summed E-state index contributed by atoms with van der Waals surface area (Å²) in [4.78, 5) is 0. The summed E-state index contributed by atoms with van der Waals surface area (Å²) in [5.41, 5.74) is 0.735. The molecule has 0 heterocycles. The van der Waals surface area contributed by atoms with Crippen LogP contribution in [0.4, 0.5) is 0 Å². The van der Waals surface area contributed by atoms with Crippen LogP contribution >= 0.6 is 0 Å². The van der Waals surface area contributed by atoms with E-state index in [0.29, 0.717) is 0 Å². The Morgan fingerprint density at radius 1 is 0.895 bits per heavy atom. The summed E-state index contributed by atoms with van der Waals surface area (Å²) in [6, 6.07) is 17.3. The highest BCUT2D eigenvalue weighted by atomic mass is 14.4. The average molecular weight is 251 g/mol. The van der Waals surface area contributed by atoms with Gasteiger partial charge in [0.15, 0.2) is 0 Å². The van der Waals surface area contributed by atoms with Crippen LogP contribution in [0.25, 0.3) is 10.8 Å². The zero-order chi connectivity index (χ0) is 14.0. The van der Waals surface area contributed by atoms with Crippen LogP contribution in [0.3, 0.4) is 0 Å². The van der Waals surface area contributed by atoms with Crippen molar-refractivity contribution in [2.75, 3.05) is 0 Å². The molecule has 0 saturated heterocycles. The SMILES string of the molecule is CC(C)C(C#N)(c1cccc2ccccc12)C(C)C. The van der Waals surface area contributed by atoms with Crippen LogP contribution in [0, 0.1) is 23.2 Å². The number of benzene rings is 2. The smallest absolute Gasteiger partial charge is 0.0873 e. The van der Waals surface area contributed by atoms with Crippen LogP contribution in [0.15, 0.2) is 42.5 Å². The molecule has 0 amide bonds. The summed E-state index contributed by atoms with van der Waals surface area (Å²) in [5.74, 6) is 0.562. The molecule has 2 rings (SSSR count). The fraction of sp³-hybridized carbons (Fsp3) is 0.389. The molecule has 0 unspecified atom stereocenters. The van der Waals surface area contributed by atoms with Crippen LogP contribution in [0.1, 0.15) is 33.3 Å². The fourth-order valence-corrected chi connectivity index (χ4v) is 3.19. The van der Waals surface area contributed by atoms with Gasteiger partial charge in [-0.1, -0.05) is 70.2 Å². The Morgan fingerprint density at radius 2 is 1.47 bits per heavy atom. The van der Waals surface area contributed by atoms with Gasteiger partial charge < -0.3 is 0 Å². The molecule has 98 valence electrons. The van der Waals surface area contributed by atoms with Gasteiger partial charge in [0.1, 0.15) is 0 Å². The van der Waals surface area contributed by atoms with Gasteiger partial charge >= 0.3 is 0 Å². The Morgan fingerprint density at radius 3 is 2.05 bits per heavy atom. The first-order chi connectivity index (χ1) is 9.04. The second kappa shape index (κ2) is 5.05.